The Labute approximate surface area is 157 Å². The molecule has 7 heteroatoms. The van der Waals surface area contributed by atoms with Crippen LogP contribution >= 0.6 is 11.6 Å². The lowest BCUT2D eigenvalue weighted by atomic mass is 10.0. The van der Waals surface area contributed by atoms with E-state index in [9.17, 15) is 4.79 Å². The highest BCUT2D eigenvalue weighted by molar-refractivity contribution is 6.30. The number of nitrogens with zero attached hydrogens (tertiary/aromatic N) is 2. The van der Waals surface area contributed by atoms with Crippen molar-refractivity contribution in [2.45, 2.75) is 18.6 Å². The first kappa shape index (κ1) is 17.3. The lowest BCUT2D eigenvalue weighted by Gasteiger charge is -2.38. The van der Waals surface area contributed by atoms with E-state index >= 15 is 0 Å². The maximum atomic E-state index is 12.5. The highest BCUT2D eigenvalue weighted by Gasteiger charge is 2.39. The summed E-state index contributed by atoms with van der Waals surface area (Å²) in [5.74, 6) is -0.650. The Morgan fingerprint density at radius 3 is 2.50 bits per heavy atom. The number of rotatable bonds is 3. The summed E-state index contributed by atoms with van der Waals surface area (Å²) in [6.45, 7) is 2.99. The number of benzene rings is 1. The number of anilines is 2. The predicted octanol–water partition coefficient (Wildman–Crippen LogP) is 3.33. The van der Waals surface area contributed by atoms with E-state index in [-0.39, 0.29) is 5.91 Å². The number of pyridine rings is 1. The van der Waals surface area contributed by atoms with Crippen LogP contribution in [0.25, 0.3) is 0 Å². The number of ether oxygens (including phenoxy) is 2. The molecule has 1 aromatic carbocycles. The molecule has 26 heavy (non-hydrogen) atoms. The normalized spacial score (nSPS) is 18.9. The monoisotopic (exact) mass is 373 g/mol. The van der Waals surface area contributed by atoms with Gasteiger partial charge in [0, 0.05) is 48.5 Å². The molecule has 0 aliphatic carbocycles. The van der Waals surface area contributed by atoms with E-state index < -0.39 is 5.79 Å². The van der Waals surface area contributed by atoms with Gasteiger partial charge in [-0.05, 0) is 36.4 Å². The van der Waals surface area contributed by atoms with E-state index in [1.54, 1.807) is 30.5 Å². The highest BCUT2D eigenvalue weighted by atomic mass is 35.5. The number of piperidine rings is 1. The van der Waals surface area contributed by atoms with Crippen molar-refractivity contribution in [3.05, 3.63) is 53.3 Å². The average Bonchev–Trinajstić information content (AvgIpc) is 3.12. The molecule has 2 aliphatic rings. The van der Waals surface area contributed by atoms with Gasteiger partial charge < -0.3 is 19.7 Å². The fraction of sp³-hybridized carbons (Fsp3) is 0.368. The number of nitrogens with one attached hydrogen (secondary N) is 1. The van der Waals surface area contributed by atoms with Gasteiger partial charge in [0.05, 0.1) is 13.2 Å². The van der Waals surface area contributed by atoms with Crippen molar-refractivity contribution in [3.8, 4) is 0 Å². The number of halogens is 1. The van der Waals surface area contributed by atoms with Crippen LogP contribution in [-0.2, 0) is 9.47 Å². The average molecular weight is 374 g/mol. The molecule has 2 fully saturated rings. The van der Waals surface area contributed by atoms with E-state index in [0.717, 1.165) is 31.6 Å². The molecule has 1 spiro atoms. The van der Waals surface area contributed by atoms with Crippen LogP contribution in [0.2, 0.25) is 5.02 Å². The smallest absolute Gasteiger partial charge is 0.274 e. The molecule has 2 aliphatic heterocycles. The zero-order chi connectivity index (χ0) is 18.0. The summed E-state index contributed by atoms with van der Waals surface area (Å²) < 4.78 is 11.5. The SMILES string of the molecule is O=C(Nc1ccc(Cl)cc1)c1cc(N2CCC3(CC2)OCCO3)ccn1. The minimum atomic E-state index is -0.404. The molecule has 1 N–H and O–H groups in total. The third kappa shape index (κ3) is 3.67. The predicted molar refractivity (Wildman–Crippen MR) is 99.7 cm³/mol. The largest absolute Gasteiger partial charge is 0.371 e. The zero-order valence-corrected chi connectivity index (χ0v) is 15.0. The Bertz CT molecular complexity index is 781. The number of hydrogen-bond donors (Lipinski definition) is 1. The summed E-state index contributed by atoms with van der Waals surface area (Å²) in [4.78, 5) is 18.9. The molecule has 3 heterocycles. The van der Waals surface area contributed by atoms with Crippen molar-refractivity contribution >= 4 is 28.9 Å². The van der Waals surface area contributed by atoms with Crippen molar-refractivity contribution < 1.29 is 14.3 Å². The lowest BCUT2D eigenvalue weighted by Crippen LogP contribution is -2.45. The third-order valence-electron chi connectivity index (χ3n) is 4.78. The molecular weight excluding hydrogens is 354 g/mol. The molecule has 0 unspecified atom stereocenters. The van der Waals surface area contributed by atoms with Crippen molar-refractivity contribution in [2.24, 2.45) is 0 Å². The van der Waals surface area contributed by atoms with Crippen molar-refractivity contribution in [2.75, 3.05) is 36.5 Å². The van der Waals surface area contributed by atoms with Crippen LogP contribution in [0, 0.1) is 0 Å². The summed E-state index contributed by atoms with van der Waals surface area (Å²) in [5.41, 5.74) is 2.04. The fourth-order valence-corrected chi connectivity index (χ4v) is 3.49. The van der Waals surface area contributed by atoms with Gasteiger partial charge in [0.25, 0.3) is 5.91 Å². The number of aromatic nitrogens is 1. The summed E-state index contributed by atoms with van der Waals surface area (Å²) in [6, 6.07) is 10.7. The maximum absolute atomic E-state index is 12.5. The number of carbonyl (C=O) groups is 1. The molecule has 4 rings (SSSR count). The van der Waals surface area contributed by atoms with Crippen LogP contribution in [-0.4, -0.2) is 43.0 Å². The number of amides is 1. The van der Waals surface area contributed by atoms with Gasteiger partial charge in [0.2, 0.25) is 0 Å². The van der Waals surface area contributed by atoms with Crippen molar-refractivity contribution in [3.63, 3.8) is 0 Å². The zero-order valence-electron chi connectivity index (χ0n) is 14.3. The molecular formula is C19H20ClN3O3. The molecule has 2 saturated heterocycles. The lowest BCUT2D eigenvalue weighted by molar-refractivity contribution is -0.169. The minimum Gasteiger partial charge on any atom is -0.371 e. The number of carbonyl (C=O) groups excluding carboxylic acids is 1. The van der Waals surface area contributed by atoms with Gasteiger partial charge in [-0.3, -0.25) is 9.78 Å². The maximum Gasteiger partial charge on any atom is 0.274 e. The van der Waals surface area contributed by atoms with Crippen molar-refractivity contribution in [1.82, 2.24) is 4.98 Å². The van der Waals surface area contributed by atoms with E-state index in [1.165, 1.54) is 0 Å². The Kier molecular flexibility index (Phi) is 4.80. The second kappa shape index (κ2) is 7.23. The third-order valence-corrected chi connectivity index (χ3v) is 5.03. The molecule has 0 atom stereocenters. The van der Waals surface area contributed by atoms with E-state index in [2.05, 4.69) is 15.2 Å². The first-order valence-corrected chi connectivity index (χ1v) is 9.07. The van der Waals surface area contributed by atoms with Gasteiger partial charge in [0.1, 0.15) is 5.69 Å². The number of hydrogen-bond acceptors (Lipinski definition) is 5. The molecule has 2 aromatic rings. The van der Waals surface area contributed by atoms with Crippen LogP contribution in [0.3, 0.4) is 0 Å². The van der Waals surface area contributed by atoms with Crippen LogP contribution in [0.1, 0.15) is 23.3 Å². The summed E-state index contributed by atoms with van der Waals surface area (Å²) in [7, 11) is 0. The van der Waals surface area contributed by atoms with Crippen LogP contribution in [0.5, 0.6) is 0 Å². The van der Waals surface area contributed by atoms with Gasteiger partial charge in [-0.2, -0.15) is 0 Å². The Morgan fingerprint density at radius 1 is 1.12 bits per heavy atom. The Balaban J connectivity index is 1.43. The second-order valence-electron chi connectivity index (χ2n) is 6.45. The van der Waals surface area contributed by atoms with Crippen molar-refractivity contribution in [1.29, 1.82) is 0 Å². The van der Waals surface area contributed by atoms with Gasteiger partial charge in [-0.1, -0.05) is 11.6 Å². The molecule has 1 amide bonds. The first-order chi connectivity index (χ1) is 12.6. The summed E-state index contributed by atoms with van der Waals surface area (Å²) in [5, 5.41) is 3.46. The minimum absolute atomic E-state index is 0.245. The van der Waals surface area contributed by atoms with Crippen LogP contribution in [0.4, 0.5) is 11.4 Å². The molecule has 0 bridgehead atoms. The molecule has 136 valence electrons. The second-order valence-corrected chi connectivity index (χ2v) is 6.89. The van der Waals surface area contributed by atoms with E-state index in [0.29, 0.717) is 29.6 Å². The van der Waals surface area contributed by atoms with Crippen LogP contribution in [0.15, 0.2) is 42.6 Å². The van der Waals surface area contributed by atoms with E-state index in [1.807, 2.05) is 12.1 Å². The van der Waals surface area contributed by atoms with Gasteiger partial charge in [-0.15, -0.1) is 0 Å². The fourth-order valence-electron chi connectivity index (χ4n) is 3.36. The first-order valence-electron chi connectivity index (χ1n) is 8.69. The highest BCUT2D eigenvalue weighted by Crippen LogP contribution is 2.33. The molecule has 1 aromatic heterocycles. The molecule has 0 radical (unpaired) electrons. The van der Waals surface area contributed by atoms with Gasteiger partial charge in [-0.25, -0.2) is 0 Å². The topological polar surface area (TPSA) is 63.7 Å². The summed E-state index contributed by atoms with van der Waals surface area (Å²) in [6.07, 6.45) is 3.31. The summed E-state index contributed by atoms with van der Waals surface area (Å²) >= 11 is 5.87. The van der Waals surface area contributed by atoms with E-state index in [4.69, 9.17) is 21.1 Å². The molecule has 6 nitrogen and oxygen atoms in total. The molecule has 0 saturated carbocycles. The van der Waals surface area contributed by atoms with Gasteiger partial charge in [0.15, 0.2) is 5.79 Å². The Morgan fingerprint density at radius 2 is 1.81 bits per heavy atom. The Hall–Kier alpha value is -2.15. The quantitative estimate of drug-likeness (QED) is 0.894. The van der Waals surface area contributed by atoms with Gasteiger partial charge >= 0.3 is 0 Å². The standard InChI is InChI=1S/C19H20ClN3O3/c20-14-1-3-15(4-2-14)22-18(24)17-13-16(5-8-21-17)23-9-6-19(7-10-23)25-11-12-26-19/h1-5,8,13H,6-7,9-12H2,(H,22,24). The van der Waals surface area contributed by atoms with Crippen LogP contribution < -0.4 is 10.2 Å².